The van der Waals surface area contributed by atoms with Gasteiger partial charge in [0.2, 0.25) is 0 Å². The molecule has 0 spiro atoms. The van der Waals surface area contributed by atoms with Gasteiger partial charge in [0, 0.05) is 22.2 Å². The van der Waals surface area contributed by atoms with Gasteiger partial charge < -0.3 is 10.1 Å². The molecule has 8 heteroatoms. The van der Waals surface area contributed by atoms with E-state index in [1.54, 1.807) is 63.2 Å². The summed E-state index contributed by atoms with van der Waals surface area (Å²) in [6.07, 6.45) is 0. The fraction of sp³-hybridized carbons (Fsp3) is 0.217. The van der Waals surface area contributed by atoms with Crippen molar-refractivity contribution in [3.05, 3.63) is 81.6 Å². The lowest BCUT2D eigenvalue weighted by molar-refractivity contribution is -0.155. The Hall–Kier alpha value is -3.45. The topological polar surface area (TPSA) is 90.3 Å². The van der Waals surface area contributed by atoms with Gasteiger partial charge in [-0.05, 0) is 39.0 Å². The van der Waals surface area contributed by atoms with Gasteiger partial charge in [-0.2, -0.15) is 0 Å². The van der Waals surface area contributed by atoms with Crippen molar-refractivity contribution >= 4 is 29.3 Å². The van der Waals surface area contributed by atoms with Crippen LogP contribution in [0.3, 0.4) is 0 Å². The molecule has 1 amide bonds. The molecular weight excluding hydrogens is 418 g/mol. The minimum Gasteiger partial charge on any atom is -0.459 e. The summed E-state index contributed by atoms with van der Waals surface area (Å²) >= 11 is 5.94. The summed E-state index contributed by atoms with van der Waals surface area (Å²) < 4.78 is 6.56. The normalized spacial score (nSPS) is 11.1. The van der Waals surface area contributed by atoms with Crippen LogP contribution >= 0.6 is 11.6 Å². The molecule has 0 fully saturated rings. The van der Waals surface area contributed by atoms with Crippen molar-refractivity contribution in [2.45, 2.75) is 32.9 Å². The maximum Gasteiger partial charge on any atom is 0.326 e. The number of hydrogen-bond acceptors (Lipinski definition) is 5. The number of halogens is 1. The molecule has 160 valence electrons. The molecule has 0 saturated heterocycles. The van der Waals surface area contributed by atoms with Gasteiger partial charge in [-0.15, -0.1) is 0 Å². The van der Waals surface area contributed by atoms with Gasteiger partial charge in [0.25, 0.3) is 11.5 Å². The Morgan fingerprint density at radius 1 is 1.06 bits per heavy atom. The molecular formula is C23H22ClN3O4. The zero-order valence-electron chi connectivity index (χ0n) is 17.4. The van der Waals surface area contributed by atoms with Crippen molar-refractivity contribution in [2.24, 2.45) is 0 Å². The van der Waals surface area contributed by atoms with Crippen LogP contribution in [0.1, 0.15) is 31.1 Å². The van der Waals surface area contributed by atoms with E-state index >= 15 is 0 Å². The van der Waals surface area contributed by atoms with E-state index in [1.165, 1.54) is 16.7 Å². The smallest absolute Gasteiger partial charge is 0.326 e. The molecule has 0 atom stereocenters. The van der Waals surface area contributed by atoms with Crippen LogP contribution in [0.4, 0.5) is 5.82 Å². The molecule has 0 aliphatic heterocycles. The second-order valence-corrected chi connectivity index (χ2v) is 8.24. The highest BCUT2D eigenvalue weighted by Gasteiger charge is 2.20. The quantitative estimate of drug-likeness (QED) is 0.603. The number of benzene rings is 2. The first-order valence-electron chi connectivity index (χ1n) is 9.58. The molecule has 2 aromatic carbocycles. The van der Waals surface area contributed by atoms with E-state index in [0.717, 1.165) is 0 Å². The maximum absolute atomic E-state index is 12.9. The minimum atomic E-state index is -0.689. The van der Waals surface area contributed by atoms with Gasteiger partial charge in [-0.3, -0.25) is 19.0 Å². The van der Waals surface area contributed by atoms with Gasteiger partial charge in [-0.1, -0.05) is 48.0 Å². The molecule has 0 unspecified atom stereocenters. The first kappa shape index (κ1) is 22.2. The lowest BCUT2D eigenvalue weighted by Gasteiger charge is -2.20. The van der Waals surface area contributed by atoms with E-state index < -0.39 is 23.0 Å². The number of esters is 1. The summed E-state index contributed by atoms with van der Waals surface area (Å²) in [4.78, 5) is 42.2. The van der Waals surface area contributed by atoms with Crippen molar-refractivity contribution in [1.82, 2.24) is 9.55 Å². The molecule has 0 aliphatic carbocycles. The Morgan fingerprint density at radius 2 is 1.77 bits per heavy atom. The Bertz CT molecular complexity index is 1170. The van der Waals surface area contributed by atoms with Crippen molar-refractivity contribution in [1.29, 1.82) is 0 Å². The van der Waals surface area contributed by atoms with Crippen LogP contribution in [-0.4, -0.2) is 27.0 Å². The molecule has 0 saturated carbocycles. The van der Waals surface area contributed by atoms with Gasteiger partial charge in [0.1, 0.15) is 23.8 Å². The lowest BCUT2D eigenvalue weighted by atomic mass is 10.2. The molecule has 7 nitrogen and oxygen atoms in total. The van der Waals surface area contributed by atoms with Crippen molar-refractivity contribution in [2.75, 3.05) is 5.32 Å². The van der Waals surface area contributed by atoms with E-state index in [9.17, 15) is 14.4 Å². The first-order valence-corrected chi connectivity index (χ1v) is 9.96. The fourth-order valence-corrected chi connectivity index (χ4v) is 3.04. The summed E-state index contributed by atoms with van der Waals surface area (Å²) in [6, 6.07) is 16.5. The highest BCUT2D eigenvalue weighted by atomic mass is 35.5. The summed E-state index contributed by atoms with van der Waals surface area (Å²) in [5.74, 6) is -0.725. The lowest BCUT2D eigenvalue weighted by Crippen LogP contribution is -2.32. The third-order valence-electron chi connectivity index (χ3n) is 4.08. The summed E-state index contributed by atoms with van der Waals surface area (Å²) in [5.41, 5.74) is -0.247. The molecule has 3 aromatic rings. The van der Waals surface area contributed by atoms with Gasteiger partial charge >= 0.3 is 5.97 Å². The van der Waals surface area contributed by atoms with Crippen LogP contribution in [0.15, 0.2) is 65.5 Å². The summed E-state index contributed by atoms with van der Waals surface area (Å²) in [5, 5.41) is 3.03. The molecule has 3 rings (SSSR count). The molecule has 31 heavy (non-hydrogen) atoms. The number of aromatic nitrogens is 2. The van der Waals surface area contributed by atoms with Crippen LogP contribution < -0.4 is 10.9 Å². The van der Waals surface area contributed by atoms with Crippen LogP contribution in [0.5, 0.6) is 0 Å². The second kappa shape index (κ2) is 9.14. The molecule has 1 heterocycles. The average molecular weight is 440 g/mol. The largest absolute Gasteiger partial charge is 0.459 e. The van der Waals surface area contributed by atoms with Gasteiger partial charge in [0.15, 0.2) is 0 Å². The number of rotatable bonds is 5. The number of nitrogens with zero attached hydrogens (tertiary/aromatic N) is 2. The third kappa shape index (κ3) is 6.02. The number of carbonyl (C=O) groups excluding carboxylic acids is 2. The third-order valence-corrected chi connectivity index (χ3v) is 4.31. The standard InChI is InChI=1S/C23H22ClN3O4/c1-23(2,3)31-20(29)14-27-19(28)13-18(25-21(27)15-8-5-4-6-9-15)26-22(30)16-10-7-11-17(24)12-16/h4-13H,14H2,1-3H3,(H,26,30). The Labute approximate surface area is 184 Å². The summed E-state index contributed by atoms with van der Waals surface area (Å²) in [7, 11) is 0. The van der Waals surface area contributed by atoms with E-state index in [-0.39, 0.29) is 18.2 Å². The van der Waals surface area contributed by atoms with Crippen molar-refractivity contribution in [3.8, 4) is 11.4 Å². The maximum atomic E-state index is 12.9. The van der Waals surface area contributed by atoms with E-state index in [0.29, 0.717) is 16.1 Å². The number of hydrogen-bond donors (Lipinski definition) is 1. The monoisotopic (exact) mass is 439 g/mol. The Kier molecular flexibility index (Phi) is 6.56. The zero-order valence-corrected chi connectivity index (χ0v) is 18.1. The molecule has 0 bridgehead atoms. The van der Waals surface area contributed by atoms with Crippen LogP contribution in [0.25, 0.3) is 11.4 Å². The average Bonchev–Trinajstić information content (AvgIpc) is 2.69. The van der Waals surface area contributed by atoms with E-state index in [1.807, 2.05) is 6.07 Å². The first-order chi connectivity index (χ1) is 14.6. The Balaban J connectivity index is 1.98. The highest BCUT2D eigenvalue weighted by molar-refractivity contribution is 6.31. The van der Waals surface area contributed by atoms with Crippen molar-refractivity contribution < 1.29 is 14.3 Å². The molecule has 0 aliphatic rings. The predicted molar refractivity (Wildman–Crippen MR) is 119 cm³/mol. The van der Waals surface area contributed by atoms with E-state index in [2.05, 4.69) is 10.3 Å². The minimum absolute atomic E-state index is 0.0641. The van der Waals surface area contributed by atoms with Gasteiger partial charge in [0.05, 0.1) is 0 Å². The van der Waals surface area contributed by atoms with E-state index in [4.69, 9.17) is 16.3 Å². The number of nitrogens with one attached hydrogen (secondary N) is 1. The van der Waals surface area contributed by atoms with Gasteiger partial charge in [-0.25, -0.2) is 4.98 Å². The van der Waals surface area contributed by atoms with Crippen LogP contribution in [0.2, 0.25) is 5.02 Å². The molecule has 1 N–H and O–H groups in total. The van der Waals surface area contributed by atoms with Crippen molar-refractivity contribution in [3.63, 3.8) is 0 Å². The Morgan fingerprint density at radius 3 is 2.42 bits per heavy atom. The number of anilines is 1. The number of carbonyl (C=O) groups is 2. The van der Waals surface area contributed by atoms with Crippen LogP contribution in [0, 0.1) is 0 Å². The van der Waals surface area contributed by atoms with Crippen LogP contribution in [-0.2, 0) is 16.1 Å². The number of ether oxygens (including phenoxy) is 1. The summed E-state index contributed by atoms with van der Waals surface area (Å²) in [6.45, 7) is 4.94. The SMILES string of the molecule is CC(C)(C)OC(=O)Cn1c(-c2ccccc2)nc(NC(=O)c2cccc(Cl)c2)cc1=O. The zero-order chi connectivity index (χ0) is 22.6. The fourth-order valence-electron chi connectivity index (χ4n) is 2.85. The second-order valence-electron chi connectivity index (χ2n) is 7.81. The predicted octanol–water partition coefficient (Wildman–Crippen LogP) is 4.16. The molecule has 1 aromatic heterocycles. The highest BCUT2D eigenvalue weighted by Crippen LogP contribution is 2.19. The molecule has 0 radical (unpaired) electrons. The number of amides is 1.